The Morgan fingerprint density at radius 2 is 2.00 bits per heavy atom. The number of benzene rings is 1. The van der Waals surface area contributed by atoms with Gasteiger partial charge in [0, 0.05) is 13.7 Å². The van der Waals surface area contributed by atoms with Crippen LogP contribution in [0.3, 0.4) is 0 Å². The van der Waals surface area contributed by atoms with Crippen LogP contribution in [0, 0.1) is 5.92 Å². The molecule has 0 radical (unpaired) electrons. The fraction of sp³-hybridized carbons (Fsp3) is 0.533. The van der Waals surface area contributed by atoms with E-state index in [1.807, 2.05) is 24.3 Å². The number of methoxy groups -OCH3 is 2. The van der Waals surface area contributed by atoms with Crippen LogP contribution in [0.2, 0.25) is 0 Å². The Bertz CT molecular complexity index is 439. The molecule has 1 aromatic carbocycles. The fourth-order valence-electron chi connectivity index (χ4n) is 2.27. The maximum atomic E-state index is 12.1. The Hall–Kier alpha value is -1.59. The van der Waals surface area contributed by atoms with Crippen LogP contribution < -0.4 is 15.8 Å². The van der Waals surface area contributed by atoms with Crippen molar-refractivity contribution in [3.05, 3.63) is 29.8 Å². The van der Waals surface area contributed by atoms with E-state index in [0.29, 0.717) is 5.92 Å². The quantitative estimate of drug-likeness (QED) is 0.787. The molecule has 1 aliphatic carbocycles. The monoisotopic (exact) mass is 278 g/mol. The molecule has 0 aromatic heterocycles. The molecule has 5 nitrogen and oxygen atoms in total. The molecule has 2 unspecified atom stereocenters. The third-order valence-electron chi connectivity index (χ3n) is 3.66. The molecule has 1 saturated carbocycles. The first-order chi connectivity index (χ1) is 9.69. The molecule has 3 N–H and O–H groups in total. The molecule has 1 aliphatic rings. The maximum absolute atomic E-state index is 12.1. The van der Waals surface area contributed by atoms with Crippen molar-refractivity contribution in [2.45, 2.75) is 25.0 Å². The molecular weight excluding hydrogens is 256 g/mol. The molecule has 0 bridgehead atoms. The Balaban J connectivity index is 2.08. The summed E-state index contributed by atoms with van der Waals surface area (Å²) in [7, 11) is 3.14. The van der Waals surface area contributed by atoms with E-state index in [-0.39, 0.29) is 18.5 Å². The Kier molecular flexibility index (Phi) is 4.98. The predicted molar refractivity (Wildman–Crippen MR) is 76.5 cm³/mol. The molecule has 1 aromatic rings. The Labute approximate surface area is 119 Å². The summed E-state index contributed by atoms with van der Waals surface area (Å²) in [5.74, 6) is 1.16. The van der Waals surface area contributed by atoms with Gasteiger partial charge in [0.25, 0.3) is 5.91 Å². The second kappa shape index (κ2) is 6.72. The van der Waals surface area contributed by atoms with Gasteiger partial charge in [0.05, 0.1) is 13.2 Å². The van der Waals surface area contributed by atoms with E-state index >= 15 is 0 Å². The first kappa shape index (κ1) is 14.8. The van der Waals surface area contributed by atoms with Crippen LogP contribution in [0.15, 0.2) is 24.3 Å². The summed E-state index contributed by atoms with van der Waals surface area (Å²) in [6.07, 6.45) is 1.68. The van der Waals surface area contributed by atoms with E-state index in [4.69, 9.17) is 15.2 Å². The lowest BCUT2D eigenvalue weighted by Gasteiger charge is -2.22. The summed E-state index contributed by atoms with van der Waals surface area (Å²) in [6, 6.07) is 7.83. The Morgan fingerprint density at radius 1 is 1.35 bits per heavy atom. The molecule has 0 saturated heterocycles. The zero-order valence-electron chi connectivity index (χ0n) is 12.0. The van der Waals surface area contributed by atoms with Crippen LogP contribution >= 0.6 is 0 Å². The van der Waals surface area contributed by atoms with E-state index in [9.17, 15) is 4.79 Å². The highest BCUT2D eigenvalue weighted by atomic mass is 16.5. The van der Waals surface area contributed by atoms with Crippen LogP contribution in [0.1, 0.15) is 24.4 Å². The topological polar surface area (TPSA) is 73.6 Å². The number of carbonyl (C=O) groups excluding carboxylic acids is 1. The van der Waals surface area contributed by atoms with E-state index in [2.05, 4.69) is 5.32 Å². The minimum atomic E-state index is -0.588. The second-order valence-corrected chi connectivity index (χ2v) is 5.06. The first-order valence-electron chi connectivity index (χ1n) is 6.86. The zero-order valence-corrected chi connectivity index (χ0v) is 12.0. The van der Waals surface area contributed by atoms with Gasteiger partial charge >= 0.3 is 0 Å². The van der Waals surface area contributed by atoms with E-state index in [1.54, 1.807) is 7.11 Å². The molecular formula is C15H22N2O3. The summed E-state index contributed by atoms with van der Waals surface area (Å²) in [5, 5.41) is 3.05. The normalized spacial score (nSPS) is 17.4. The largest absolute Gasteiger partial charge is 0.497 e. The molecule has 5 heteroatoms. The number of nitrogens with one attached hydrogen (secondary N) is 1. The lowest BCUT2D eigenvalue weighted by Crippen LogP contribution is -2.42. The van der Waals surface area contributed by atoms with Crippen molar-refractivity contribution in [1.82, 2.24) is 5.32 Å². The SMILES string of the molecule is COc1ccc(C(NC(=O)C(CN)OC)C2CC2)cc1. The smallest absolute Gasteiger partial charge is 0.250 e. The molecule has 2 atom stereocenters. The molecule has 0 spiro atoms. The summed E-state index contributed by atoms with van der Waals surface area (Å²) < 4.78 is 10.2. The summed E-state index contributed by atoms with van der Waals surface area (Å²) in [6.45, 7) is 0.183. The number of amides is 1. The molecule has 110 valence electrons. The molecule has 20 heavy (non-hydrogen) atoms. The van der Waals surface area contributed by atoms with Crippen molar-refractivity contribution in [1.29, 1.82) is 0 Å². The highest BCUT2D eigenvalue weighted by molar-refractivity contribution is 5.81. The van der Waals surface area contributed by atoms with Crippen LogP contribution in [0.25, 0.3) is 0 Å². The highest BCUT2D eigenvalue weighted by Crippen LogP contribution is 2.41. The average Bonchev–Trinajstić information content (AvgIpc) is 3.31. The number of nitrogens with two attached hydrogens (primary N) is 1. The van der Waals surface area contributed by atoms with Crippen LogP contribution in [0.4, 0.5) is 0 Å². The average molecular weight is 278 g/mol. The third kappa shape index (κ3) is 3.49. The van der Waals surface area contributed by atoms with Gasteiger partial charge in [0.2, 0.25) is 0 Å². The lowest BCUT2D eigenvalue weighted by atomic mass is 10.0. The van der Waals surface area contributed by atoms with Crippen molar-refractivity contribution in [3.8, 4) is 5.75 Å². The van der Waals surface area contributed by atoms with Gasteiger partial charge in [0.1, 0.15) is 11.9 Å². The van der Waals surface area contributed by atoms with Crippen molar-refractivity contribution in [3.63, 3.8) is 0 Å². The van der Waals surface area contributed by atoms with Crippen molar-refractivity contribution < 1.29 is 14.3 Å². The van der Waals surface area contributed by atoms with Gasteiger partial charge in [-0.25, -0.2) is 0 Å². The van der Waals surface area contributed by atoms with E-state index in [1.165, 1.54) is 7.11 Å². The maximum Gasteiger partial charge on any atom is 0.250 e. The van der Waals surface area contributed by atoms with Crippen LogP contribution in [-0.4, -0.2) is 32.8 Å². The van der Waals surface area contributed by atoms with Gasteiger partial charge in [-0.1, -0.05) is 12.1 Å². The molecule has 1 amide bonds. The number of ether oxygens (including phenoxy) is 2. The molecule has 2 rings (SSSR count). The zero-order chi connectivity index (χ0) is 14.5. The number of carbonyl (C=O) groups is 1. The van der Waals surface area contributed by atoms with E-state index in [0.717, 1.165) is 24.2 Å². The molecule has 1 fully saturated rings. The minimum absolute atomic E-state index is 0.0256. The number of rotatable bonds is 7. The predicted octanol–water partition coefficient (Wildman–Crippen LogP) is 1.24. The van der Waals surface area contributed by atoms with Crippen molar-refractivity contribution in [2.75, 3.05) is 20.8 Å². The van der Waals surface area contributed by atoms with Gasteiger partial charge in [-0.05, 0) is 36.5 Å². The van der Waals surface area contributed by atoms with Gasteiger partial charge in [0.15, 0.2) is 0 Å². The summed E-state index contributed by atoms with van der Waals surface area (Å²) in [4.78, 5) is 12.1. The first-order valence-corrected chi connectivity index (χ1v) is 6.86. The Morgan fingerprint density at radius 3 is 2.45 bits per heavy atom. The molecule has 0 aliphatic heterocycles. The van der Waals surface area contributed by atoms with Crippen LogP contribution in [-0.2, 0) is 9.53 Å². The van der Waals surface area contributed by atoms with Crippen LogP contribution in [0.5, 0.6) is 5.75 Å². The third-order valence-corrected chi connectivity index (χ3v) is 3.66. The summed E-state index contributed by atoms with van der Waals surface area (Å²) >= 11 is 0. The minimum Gasteiger partial charge on any atom is -0.497 e. The van der Waals surface area contributed by atoms with Crippen molar-refractivity contribution in [2.24, 2.45) is 11.7 Å². The van der Waals surface area contributed by atoms with Gasteiger partial charge in [-0.15, -0.1) is 0 Å². The van der Waals surface area contributed by atoms with E-state index < -0.39 is 6.10 Å². The van der Waals surface area contributed by atoms with Crippen molar-refractivity contribution >= 4 is 5.91 Å². The second-order valence-electron chi connectivity index (χ2n) is 5.06. The standard InChI is InChI=1S/C15H22N2O3/c1-19-12-7-5-11(6-8-12)14(10-3-4-10)17-15(18)13(9-16)20-2/h5-8,10,13-14H,3-4,9,16H2,1-2H3,(H,17,18). The molecule has 0 heterocycles. The summed E-state index contributed by atoms with van der Waals surface area (Å²) in [5.41, 5.74) is 6.62. The lowest BCUT2D eigenvalue weighted by molar-refractivity contribution is -0.131. The van der Waals surface area contributed by atoms with Gasteiger partial charge in [-0.2, -0.15) is 0 Å². The van der Waals surface area contributed by atoms with Gasteiger partial charge in [-0.3, -0.25) is 4.79 Å². The number of hydrogen-bond acceptors (Lipinski definition) is 4. The number of hydrogen-bond donors (Lipinski definition) is 2. The highest BCUT2D eigenvalue weighted by Gasteiger charge is 2.34. The fourth-order valence-corrected chi connectivity index (χ4v) is 2.27. The van der Waals surface area contributed by atoms with Gasteiger partial charge < -0.3 is 20.5 Å².